The highest BCUT2D eigenvalue weighted by Gasteiger charge is 2.22. The molecule has 0 spiro atoms. The van der Waals surface area contributed by atoms with E-state index in [4.69, 9.17) is 4.98 Å². The monoisotopic (exact) mass is 493 g/mol. The zero-order valence-corrected chi connectivity index (χ0v) is 21.1. The summed E-state index contributed by atoms with van der Waals surface area (Å²) in [6.07, 6.45) is 2.03. The molecule has 0 aliphatic heterocycles. The Morgan fingerprint density at radius 3 is 2.44 bits per heavy atom. The predicted molar refractivity (Wildman–Crippen MR) is 137 cm³/mol. The number of aromatic nitrogens is 2. The van der Waals surface area contributed by atoms with Gasteiger partial charge in [0.1, 0.15) is 0 Å². The molecule has 0 aliphatic carbocycles. The van der Waals surface area contributed by atoms with Gasteiger partial charge in [-0.3, -0.25) is 14.7 Å². The Balaban J connectivity index is 1.54. The third kappa shape index (κ3) is 5.51. The van der Waals surface area contributed by atoms with E-state index in [0.29, 0.717) is 5.13 Å². The summed E-state index contributed by atoms with van der Waals surface area (Å²) in [5, 5.41) is 0.594. The highest BCUT2D eigenvalue weighted by atomic mass is 32.2. The summed E-state index contributed by atoms with van der Waals surface area (Å²) < 4.78 is 26.4. The molecule has 4 aromatic rings. The van der Waals surface area contributed by atoms with Crippen LogP contribution in [0.25, 0.3) is 10.2 Å². The highest BCUT2D eigenvalue weighted by molar-refractivity contribution is 7.91. The number of carbonyl (C=O) groups excluding carboxylic acids is 1. The average Bonchev–Trinajstić information content (AvgIpc) is 3.20. The van der Waals surface area contributed by atoms with E-state index in [1.807, 2.05) is 38.1 Å². The van der Waals surface area contributed by atoms with Crippen LogP contribution in [0.3, 0.4) is 0 Å². The molecule has 0 unspecified atom stereocenters. The maximum absolute atomic E-state index is 13.3. The molecule has 34 heavy (non-hydrogen) atoms. The third-order valence-corrected chi connectivity index (χ3v) is 8.61. The van der Waals surface area contributed by atoms with Crippen LogP contribution < -0.4 is 4.90 Å². The smallest absolute Gasteiger partial charge is 0.229 e. The van der Waals surface area contributed by atoms with Crippen LogP contribution in [0.15, 0.2) is 65.7 Å². The Hall–Kier alpha value is -3.10. The fourth-order valence-electron chi connectivity index (χ4n) is 3.61. The second kappa shape index (κ2) is 10.0. The van der Waals surface area contributed by atoms with Gasteiger partial charge in [-0.2, -0.15) is 0 Å². The van der Waals surface area contributed by atoms with Crippen molar-refractivity contribution < 1.29 is 13.2 Å². The second-order valence-electron chi connectivity index (χ2n) is 8.44. The maximum atomic E-state index is 13.3. The van der Waals surface area contributed by atoms with Crippen LogP contribution in [-0.4, -0.2) is 30.0 Å². The van der Waals surface area contributed by atoms with E-state index in [0.717, 1.165) is 27.0 Å². The van der Waals surface area contributed by atoms with Gasteiger partial charge < -0.3 is 0 Å². The molecule has 0 saturated heterocycles. The summed E-state index contributed by atoms with van der Waals surface area (Å²) in [6, 6.07) is 16.5. The molecule has 8 heteroatoms. The van der Waals surface area contributed by atoms with Gasteiger partial charge in [0.05, 0.1) is 33.1 Å². The molecule has 176 valence electrons. The Labute approximate surface area is 204 Å². The fourth-order valence-corrected chi connectivity index (χ4v) is 5.98. The molecule has 0 fully saturated rings. The fraction of sp³-hybridized carbons (Fsp3) is 0.269. The van der Waals surface area contributed by atoms with Crippen molar-refractivity contribution >= 4 is 42.4 Å². The second-order valence-corrected chi connectivity index (χ2v) is 11.6. The molecule has 6 nitrogen and oxygen atoms in total. The summed E-state index contributed by atoms with van der Waals surface area (Å²) >= 11 is 1.46. The van der Waals surface area contributed by atoms with E-state index in [-0.39, 0.29) is 35.9 Å². The zero-order chi connectivity index (χ0) is 24.3. The number of anilines is 1. The Bertz CT molecular complexity index is 1370. The molecule has 0 saturated carbocycles. The van der Waals surface area contributed by atoms with Crippen LogP contribution in [0.1, 0.15) is 35.2 Å². The lowest BCUT2D eigenvalue weighted by Gasteiger charge is -2.19. The van der Waals surface area contributed by atoms with E-state index in [2.05, 4.69) is 18.0 Å². The molecule has 4 rings (SSSR count). The molecule has 0 radical (unpaired) electrons. The first kappa shape index (κ1) is 24.0. The van der Waals surface area contributed by atoms with Crippen LogP contribution >= 0.6 is 11.3 Å². The summed E-state index contributed by atoms with van der Waals surface area (Å²) in [5.74, 6) is -0.255. The number of hydrogen-bond donors (Lipinski definition) is 0. The molecule has 0 N–H and O–H groups in total. The van der Waals surface area contributed by atoms with Crippen LogP contribution in [0.5, 0.6) is 0 Å². The standard InChI is InChI=1S/C26H27N3O3S2/c1-18-9-11-22(12-10-18)34(31,32)14-6-8-25(30)29(17-21-7-4-5-13-27-21)26-28-23-15-19(2)20(3)16-24(23)33-26/h4-5,7,9-13,15-16H,6,8,14,17H2,1-3H3. The van der Waals surface area contributed by atoms with Gasteiger partial charge >= 0.3 is 0 Å². The molecule has 2 aromatic heterocycles. The lowest BCUT2D eigenvalue weighted by molar-refractivity contribution is -0.118. The SMILES string of the molecule is Cc1ccc(S(=O)(=O)CCCC(=O)N(Cc2ccccn2)c2nc3cc(C)c(C)cc3s2)cc1. The lowest BCUT2D eigenvalue weighted by atomic mass is 10.1. The van der Waals surface area contributed by atoms with Crippen molar-refractivity contribution in [3.63, 3.8) is 0 Å². The number of benzene rings is 2. The van der Waals surface area contributed by atoms with Gasteiger partial charge in [0.15, 0.2) is 15.0 Å². The number of carbonyl (C=O) groups is 1. The number of thiazole rings is 1. The molecule has 0 aliphatic rings. The molecular weight excluding hydrogens is 466 g/mol. The van der Waals surface area contributed by atoms with Crippen LogP contribution in [0.2, 0.25) is 0 Å². The number of sulfone groups is 1. The van der Waals surface area contributed by atoms with Crippen molar-refractivity contribution in [2.45, 2.75) is 45.1 Å². The van der Waals surface area contributed by atoms with Gasteiger partial charge in [0.2, 0.25) is 5.91 Å². The number of fused-ring (bicyclic) bond motifs is 1. The topological polar surface area (TPSA) is 80.2 Å². The minimum Gasteiger partial charge on any atom is -0.282 e. The molecule has 0 atom stereocenters. The van der Waals surface area contributed by atoms with E-state index >= 15 is 0 Å². The lowest BCUT2D eigenvalue weighted by Crippen LogP contribution is -2.30. The quantitative estimate of drug-likeness (QED) is 0.328. The molecule has 2 heterocycles. The highest BCUT2D eigenvalue weighted by Crippen LogP contribution is 2.32. The normalized spacial score (nSPS) is 11.6. The van der Waals surface area contributed by atoms with Gasteiger partial charge in [-0.05, 0) is 74.7 Å². The van der Waals surface area contributed by atoms with Crippen LogP contribution in [0, 0.1) is 20.8 Å². The summed E-state index contributed by atoms with van der Waals surface area (Å²) in [6.45, 7) is 6.29. The van der Waals surface area contributed by atoms with Crippen LogP contribution in [-0.2, 0) is 21.2 Å². The summed E-state index contributed by atoms with van der Waals surface area (Å²) in [7, 11) is -3.45. The van der Waals surface area contributed by atoms with Crippen LogP contribution in [0.4, 0.5) is 5.13 Å². The number of hydrogen-bond acceptors (Lipinski definition) is 6. The van der Waals surface area contributed by atoms with Gasteiger partial charge in [0, 0.05) is 12.6 Å². The number of aryl methyl sites for hydroxylation is 3. The summed E-state index contributed by atoms with van der Waals surface area (Å²) in [4.78, 5) is 24.3. The number of amides is 1. The predicted octanol–water partition coefficient (Wildman–Crippen LogP) is 5.40. The van der Waals surface area contributed by atoms with Gasteiger partial charge in [-0.15, -0.1) is 0 Å². The molecule has 0 bridgehead atoms. The zero-order valence-electron chi connectivity index (χ0n) is 19.5. The van der Waals surface area contributed by atoms with E-state index < -0.39 is 9.84 Å². The van der Waals surface area contributed by atoms with Gasteiger partial charge in [0.25, 0.3) is 0 Å². The van der Waals surface area contributed by atoms with E-state index in [9.17, 15) is 13.2 Å². The molecule has 2 aromatic carbocycles. The number of rotatable bonds is 8. The van der Waals surface area contributed by atoms with E-state index in [1.54, 1.807) is 35.4 Å². The molecular formula is C26H27N3O3S2. The minimum atomic E-state index is -3.45. The van der Waals surface area contributed by atoms with Crippen molar-refractivity contribution in [3.8, 4) is 0 Å². The molecule has 1 amide bonds. The van der Waals surface area contributed by atoms with Crippen molar-refractivity contribution in [2.24, 2.45) is 0 Å². The first-order chi connectivity index (χ1) is 16.2. The van der Waals surface area contributed by atoms with Crippen molar-refractivity contribution in [1.29, 1.82) is 0 Å². The van der Waals surface area contributed by atoms with Gasteiger partial charge in [-0.1, -0.05) is 35.1 Å². The minimum absolute atomic E-state index is 0.0859. The average molecular weight is 494 g/mol. The largest absolute Gasteiger partial charge is 0.282 e. The maximum Gasteiger partial charge on any atom is 0.229 e. The number of pyridine rings is 1. The van der Waals surface area contributed by atoms with Crippen molar-refractivity contribution in [2.75, 3.05) is 10.7 Å². The van der Waals surface area contributed by atoms with Crippen molar-refractivity contribution in [1.82, 2.24) is 9.97 Å². The Kier molecular flexibility index (Phi) is 7.09. The van der Waals surface area contributed by atoms with Gasteiger partial charge in [-0.25, -0.2) is 13.4 Å². The Morgan fingerprint density at radius 1 is 1.00 bits per heavy atom. The van der Waals surface area contributed by atoms with Crippen molar-refractivity contribution in [3.05, 3.63) is 83.2 Å². The van der Waals surface area contributed by atoms with E-state index in [1.165, 1.54) is 16.9 Å². The first-order valence-corrected chi connectivity index (χ1v) is 13.6. The summed E-state index contributed by atoms with van der Waals surface area (Å²) in [5.41, 5.74) is 4.92. The third-order valence-electron chi connectivity index (χ3n) is 5.75. The first-order valence-electron chi connectivity index (χ1n) is 11.1. The Morgan fingerprint density at radius 2 is 1.74 bits per heavy atom. The number of nitrogens with zero attached hydrogens (tertiary/aromatic N) is 3.